The van der Waals surface area contributed by atoms with E-state index in [-0.39, 0.29) is 0 Å². The average Bonchev–Trinajstić information content (AvgIpc) is 2.03. The van der Waals surface area contributed by atoms with Gasteiger partial charge >= 0.3 is 0 Å². The van der Waals surface area contributed by atoms with Crippen LogP contribution in [0.4, 0.5) is 0 Å². The normalized spacial score (nSPS) is 25.9. The summed E-state index contributed by atoms with van der Waals surface area (Å²) in [4.78, 5) is 2.26. The lowest BCUT2D eigenvalue weighted by Gasteiger charge is -2.24. The van der Waals surface area contributed by atoms with E-state index in [0.29, 0.717) is 0 Å². The molecule has 0 bridgehead atoms. The van der Waals surface area contributed by atoms with Crippen molar-refractivity contribution in [2.75, 3.05) is 27.2 Å². The molecule has 1 aliphatic rings. The minimum atomic E-state index is 0.797. The van der Waals surface area contributed by atoms with Crippen molar-refractivity contribution in [2.24, 2.45) is 0 Å². The molecule has 11 heavy (non-hydrogen) atoms. The molecular weight excluding hydrogens is 136 g/mol. The van der Waals surface area contributed by atoms with Gasteiger partial charge in [0, 0.05) is 6.04 Å². The summed E-state index contributed by atoms with van der Waals surface area (Å²) in [5.74, 6) is 0. The second kappa shape index (κ2) is 4.73. The Morgan fingerprint density at radius 3 is 2.73 bits per heavy atom. The minimum absolute atomic E-state index is 0.797. The first-order valence-corrected chi connectivity index (χ1v) is 4.67. The van der Waals surface area contributed by atoms with Crippen molar-refractivity contribution in [3.05, 3.63) is 0 Å². The van der Waals surface area contributed by atoms with E-state index in [2.05, 4.69) is 24.3 Å². The van der Waals surface area contributed by atoms with Gasteiger partial charge in [0.25, 0.3) is 0 Å². The molecule has 0 aromatic rings. The van der Waals surface area contributed by atoms with Gasteiger partial charge in [0.1, 0.15) is 0 Å². The summed E-state index contributed by atoms with van der Waals surface area (Å²) < 4.78 is 0. The Labute approximate surface area is 70.0 Å². The molecular formula is C9H20N2. The SMILES string of the molecule is CN(C)CC[C@H]1CCCCN1. The van der Waals surface area contributed by atoms with Crippen LogP contribution in [0.25, 0.3) is 0 Å². The minimum Gasteiger partial charge on any atom is -0.314 e. The second-order valence-corrected chi connectivity index (χ2v) is 3.74. The van der Waals surface area contributed by atoms with Crippen molar-refractivity contribution >= 4 is 0 Å². The molecule has 1 atom stereocenters. The Balaban J connectivity index is 2.05. The highest BCUT2D eigenvalue weighted by Gasteiger charge is 2.11. The first-order chi connectivity index (χ1) is 5.29. The Hall–Kier alpha value is -0.0800. The van der Waals surface area contributed by atoms with Crippen molar-refractivity contribution < 1.29 is 0 Å². The van der Waals surface area contributed by atoms with Crippen LogP contribution in [0.2, 0.25) is 0 Å². The Morgan fingerprint density at radius 1 is 1.36 bits per heavy atom. The largest absolute Gasteiger partial charge is 0.314 e. The summed E-state index contributed by atoms with van der Waals surface area (Å²) in [7, 11) is 4.28. The van der Waals surface area contributed by atoms with Gasteiger partial charge in [-0.2, -0.15) is 0 Å². The molecule has 1 aliphatic heterocycles. The fourth-order valence-electron chi connectivity index (χ4n) is 1.58. The summed E-state index contributed by atoms with van der Waals surface area (Å²) in [6.07, 6.45) is 5.49. The van der Waals surface area contributed by atoms with E-state index in [4.69, 9.17) is 0 Å². The molecule has 0 spiro atoms. The average molecular weight is 156 g/mol. The molecule has 2 heteroatoms. The molecule has 0 amide bonds. The van der Waals surface area contributed by atoms with Gasteiger partial charge in [-0.1, -0.05) is 6.42 Å². The molecule has 1 rings (SSSR count). The van der Waals surface area contributed by atoms with Crippen LogP contribution in [0.3, 0.4) is 0 Å². The zero-order valence-corrected chi connectivity index (χ0v) is 7.77. The molecule has 2 nitrogen and oxygen atoms in total. The highest BCUT2D eigenvalue weighted by atomic mass is 15.1. The highest BCUT2D eigenvalue weighted by molar-refractivity contribution is 4.72. The van der Waals surface area contributed by atoms with Crippen LogP contribution < -0.4 is 5.32 Å². The third-order valence-corrected chi connectivity index (χ3v) is 2.34. The van der Waals surface area contributed by atoms with E-state index in [0.717, 1.165) is 6.04 Å². The summed E-state index contributed by atoms with van der Waals surface area (Å²) in [6, 6.07) is 0.797. The van der Waals surface area contributed by atoms with Gasteiger partial charge in [-0.3, -0.25) is 0 Å². The third kappa shape index (κ3) is 3.73. The lowest BCUT2D eigenvalue weighted by Crippen LogP contribution is -2.36. The zero-order valence-electron chi connectivity index (χ0n) is 7.77. The van der Waals surface area contributed by atoms with E-state index in [1.807, 2.05) is 0 Å². The first-order valence-electron chi connectivity index (χ1n) is 4.67. The number of hydrogen-bond acceptors (Lipinski definition) is 2. The summed E-state index contributed by atoms with van der Waals surface area (Å²) in [6.45, 7) is 2.45. The van der Waals surface area contributed by atoms with Gasteiger partial charge in [-0.05, 0) is 46.4 Å². The van der Waals surface area contributed by atoms with Crippen LogP contribution in [-0.4, -0.2) is 38.1 Å². The van der Waals surface area contributed by atoms with Gasteiger partial charge in [0.15, 0.2) is 0 Å². The predicted molar refractivity (Wildman–Crippen MR) is 48.8 cm³/mol. The van der Waals surface area contributed by atoms with E-state index in [1.165, 1.54) is 38.8 Å². The van der Waals surface area contributed by atoms with Crippen LogP contribution in [-0.2, 0) is 0 Å². The van der Waals surface area contributed by atoms with Gasteiger partial charge in [0.2, 0.25) is 0 Å². The van der Waals surface area contributed by atoms with Crippen LogP contribution in [0.5, 0.6) is 0 Å². The van der Waals surface area contributed by atoms with E-state index in [9.17, 15) is 0 Å². The number of nitrogens with one attached hydrogen (secondary N) is 1. The molecule has 0 radical (unpaired) electrons. The molecule has 0 unspecified atom stereocenters. The summed E-state index contributed by atoms with van der Waals surface area (Å²) >= 11 is 0. The molecule has 1 fully saturated rings. The number of hydrogen-bond donors (Lipinski definition) is 1. The van der Waals surface area contributed by atoms with Crippen molar-refractivity contribution in [2.45, 2.75) is 31.7 Å². The Bertz CT molecular complexity index is 95.7. The molecule has 0 saturated carbocycles. The summed E-state index contributed by atoms with van der Waals surface area (Å²) in [5, 5.41) is 3.55. The van der Waals surface area contributed by atoms with Crippen LogP contribution >= 0.6 is 0 Å². The van der Waals surface area contributed by atoms with Gasteiger partial charge in [-0.25, -0.2) is 0 Å². The van der Waals surface area contributed by atoms with Crippen molar-refractivity contribution in [3.8, 4) is 0 Å². The number of piperidine rings is 1. The van der Waals surface area contributed by atoms with Crippen LogP contribution in [0, 0.1) is 0 Å². The first kappa shape index (κ1) is 9.01. The van der Waals surface area contributed by atoms with Gasteiger partial charge in [-0.15, -0.1) is 0 Å². The lowest BCUT2D eigenvalue weighted by molar-refractivity contribution is 0.322. The molecule has 66 valence electrons. The van der Waals surface area contributed by atoms with E-state index in [1.54, 1.807) is 0 Å². The van der Waals surface area contributed by atoms with Gasteiger partial charge in [0.05, 0.1) is 0 Å². The van der Waals surface area contributed by atoms with Crippen molar-refractivity contribution in [3.63, 3.8) is 0 Å². The monoisotopic (exact) mass is 156 g/mol. The maximum absolute atomic E-state index is 3.55. The molecule has 0 aliphatic carbocycles. The number of rotatable bonds is 3. The zero-order chi connectivity index (χ0) is 8.10. The smallest absolute Gasteiger partial charge is 0.00792 e. The topological polar surface area (TPSA) is 15.3 Å². The molecule has 1 heterocycles. The highest BCUT2D eigenvalue weighted by Crippen LogP contribution is 2.09. The Kier molecular flexibility index (Phi) is 3.87. The van der Waals surface area contributed by atoms with E-state index < -0.39 is 0 Å². The maximum atomic E-state index is 3.55. The number of nitrogens with zero attached hydrogens (tertiary/aromatic N) is 1. The summed E-state index contributed by atoms with van der Waals surface area (Å²) in [5.41, 5.74) is 0. The fourth-order valence-corrected chi connectivity index (χ4v) is 1.58. The molecule has 1 saturated heterocycles. The third-order valence-electron chi connectivity index (χ3n) is 2.34. The predicted octanol–water partition coefficient (Wildman–Crippen LogP) is 1.08. The quantitative estimate of drug-likeness (QED) is 0.658. The standard InChI is InChI=1S/C9H20N2/c1-11(2)8-6-9-5-3-4-7-10-9/h9-10H,3-8H2,1-2H3/t9-/m1/s1. The second-order valence-electron chi connectivity index (χ2n) is 3.74. The van der Waals surface area contributed by atoms with Crippen molar-refractivity contribution in [1.82, 2.24) is 10.2 Å². The Morgan fingerprint density at radius 2 is 2.18 bits per heavy atom. The van der Waals surface area contributed by atoms with Crippen LogP contribution in [0.15, 0.2) is 0 Å². The molecule has 1 N–H and O–H groups in total. The maximum Gasteiger partial charge on any atom is 0.00792 e. The van der Waals surface area contributed by atoms with Gasteiger partial charge < -0.3 is 10.2 Å². The van der Waals surface area contributed by atoms with Crippen LogP contribution in [0.1, 0.15) is 25.7 Å². The fraction of sp³-hybridized carbons (Fsp3) is 1.00. The molecule has 0 aromatic heterocycles. The van der Waals surface area contributed by atoms with Crippen molar-refractivity contribution in [1.29, 1.82) is 0 Å². The molecule has 0 aromatic carbocycles. The lowest BCUT2D eigenvalue weighted by atomic mass is 10.0. The van der Waals surface area contributed by atoms with E-state index >= 15 is 0 Å².